The lowest BCUT2D eigenvalue weighted by atomic mass is 10.1. The van der Waals surface area contributed by atoms with Gasteiger partial charge in [-0.05, 0) is 23.3 Å². The van der Waals surface area contributed by atoms with Crippen molar-refractivity contribution in [1.29, 1.82) is 0 Å². The van der Waals surface area contributed by atoms with Gasteiger partial charge in [0, 0.05) is 18.4 Å². The second kappa shape index (κ2) is 9.25. The molecule has 3 aromatic carbocycles. The molecule has 1 aliphatic rings. The Labute approximate surface area is 173 Å². The van der Waals surface area contributed by atoms with Gasteiger partial charge in [-0.3, -0.25) is 0 Å². The van der Waals surface area contributed by atoms with Gasteiger partial charge in [0.25, 0.3) is 0 Å². The van der Waals surface area contributed by atoms with Gasteiger partial charge in [-0.25, -0.2) is 0 Å². The summed E-state index contributed by atoms with van der Waals surface area (Å²) in [5.74, 6) is 0.805. The molecular formula is C26H30NO2+. The third-order valence-electron chi connectivity index (χ3n) is 5.88. The zero-order valence-electron chi connectivity index (χ0n) is 16.9. The van der Waals surface area contributed by atoms with Crippen molar-refractivity contribution < 1.29 is 14.3 Å². The highest BCUT2D eigenvalue weighted by molar-refractivity contribution is 5.63. The Balaban J connectivity index is 1.33. The first-order valence-corrected chi connectivity index (χ1v) is 10.6. The quantitative estimate of drug-likeness (QED) is 0.556. The Morgan fingerprint density at radius 3 is 2.00 bits per heavy atom. The van der Waals surface area contributed by atoms with E-state index in [4.69, 9.17) is 4.74 Å². The molecule has 3 nitrogen and oxygen atoms in total. The minimum atomic E-state index is -0.467. The molecule has 150 valence electrons. The van der Waals surface area contributed by atoms with Crippen molar-refractivity contribution in [3.8, 4) is 16.9 Å². The Hall–Kier alpha value is -2.62. The number of hydrogen-bond acceptors (Lipinski definition) is 2. The van der Waals surface area contributed by atoms with Gasteiger partial charge in [0.1, 0.15) is 31.5 Å². The van der Waals surface area contributed by atoms with Gasteiger partial charge in [0.15, 0.2) is 0 Å². The van der Waals surface area contributed by atoms with E-state index in [-0.39, 0.29) is 0 Å². The Morgan fingerprint density at radius 1 is 0.759 bits per heavy atom. The molecule has 3 aromatic rings. The van der Waals surface area contributed by atoms with E-state index < -0.39 is 6.10 Å². The zero-order valence-corrected chi connectivity index (χ0v) is 16.9. The predicted molar refractivity (Wildman–Crippen MR) is 118 cm³/mol. The summed E-state index contributed by atoms with van der Waals surface area (Å²) in [5, 5.41) is 10.7. The molecule has 0 radical (unpaired) electrons. The van der Waals surface area contributed by atoms with Crippen LogP contribution in [0.4, 0.5) is 0 Å². The molecule has 1 N–H and O–H groups in total. The van der Waals surface area contributed by atoms with E-state index in [1.807, 2.05) is 30.3 Å². The van der Waals surface area contributed by atoms with E-state index in [1.165, 1.54) is 29.5 Å². The molecule has 0 aliphatic carbocycles. The second-order valence-electron chi connectivity index (χ2n) is 8.18. The predicted octanol–water partition coefficient (Wildman–Crippen LogP) is 4.90. The second-order valence-corrected chi connectivity index (χ2v) is 8.18. The molecule has 0 saturated carbocycles. The number of aliphatic hydroxyl groups is 1. The first kappa shape index (κ1) is 19.7. The van der Waals surface area contributed by atoms with E-state index in [1.54, 1.807) is 0 Å². The number of aliphatic hydroxyl groups excluding tert-OH is 1. The minimum absolute atomic E-state index is 0.333. The van der Waals surface area contributed by atoms with Crippen LogP contribution in [0.15, 0.2) is 84.9 Å². The molecule has 3 heteroatoms. The van der Waals surface area contributed by atoms with E-state index in [0.717, 1.165) is 36.4 Å². The van der Waals surface area contributed by atoms with Crippen LogP contribution in [0.1, 0.15) is 18.4 Å². The molecule has 1 fully saturated rings. The fraction of sp³-hybridized carbons (Fsp3) is 0.308. The highest BCUT2D eigenvalue weighted by atomic mass is 16.5. The van der Waals surface area contributed by atoms with Crippen LogP contribution in [0.3, 0.4) is 0 Å². The smallest absolute Gasteiger partial charge is 0.137 e. The van der Waals surface area contributed by atoms with Crippen LogP contribution in [0.5, 0.6) is 5.75 Å². The third kappa shape index (κ3) is 5.26. The number of benzene rings is 3. The van der Waals surface area contributed by atoms with Crippen molar-refractivity contribution in [2.75, 3.05) is 26.2 Å². The summed E-state index contributed by atoms with van der Waals surface area (Å²) in [7, 11) is 0. The van der Waals surface area contributed by atoms with Crippen LogP contribution < -0.4 is 4.74 Å². The number of quaternary nitrogens is 1. The van der Waals surface area contributed by atoms with Gasteiger partial charge >= 0.3 is 0 Å². The Morgan fingerprint density at radius 2 is 1.34 bits per heavy atom. The molecule has 1 atom stereocenters. The van der Waals surface area contributed by atoms with Crippen LogP contribution in [-0.4, -0.2) is 41.9 Å². The lowest BCUT2D eigenvalue weighted by Gasteiger charge is -2.36. The van der Waals surface area contributed by atoms with Crippen LogP contribution in [-0.2, 0) is 6.54 Å². The lowest BCUT2D eigenvalue weighted by Crippen LogP contribution is -2.50. The maximum Gasteiger partial charge on any atom is 0.137 e. The van der Waals surface area contributed by atoms with Gasteiger partial charge in [-0.2, -0.15) is 0 Å². The van der Waals surface area contributed by atoms with E-state index in [2.05, 4.69) is 54.6 Å². The molecule has 0 spiro atoms. The summed E-state index contributed by atoms with van der Waals surface area (Å²) in [5.41, 5.74) is 3.71. The molecule has 0 aromatic heterocycles. The number of hydrogen-bond donors (Lipinski definition) is 1. The van der Waals surface area contributed by atoms with Crippen LogP contribution in [0.2, 0.25) is 0 Å². The normalized spacial score (nSPS) is 16.4. The van der Waals surface area contributed by atoms with Gasteiger partial charge in [0.05, 0.1) is 13.1 Å². The van der Waals surface area contributed by atoms with Crippen molar-refractivity contribution in [2.45, 2.75) is 25.5 Å². The SMILES string of the molecule is O[C@H](COc1ccc(-c2ccccc2)cc1)C[N+]1(Cc2ccccc2)CCCC1. The average Bonchev–Trinajstić information content (AvgIpc) is 3.22. The first-order valence-electron chi connectivity index (χ1n) is 10.6. The van der Waals surface area contributed by atoms with E-state index >= 15 is 0 Å². The van der Waals surface area contributed by atoms with Gasteiger partial charge in [-0.15, -0.1) is 0 Å². The van der Waals surface area contributed by atoms with Crippen LogP contribution in [0, 0.1) is 0 Å². The molecule has 1 aliphatic heterocycles. The fourth-order valence-corrected chi connectivity index (χ4v) is 4.45. The van der Waals surface area contributed by atoms with Gasteiger partial charge in [0.2, 0.25) is 0 Å². The maximum absolute atomic E-state index is 10.7. The average molecular weight is 389 g/mol. The zero-order chi connectivity index (χ0) is 19.9. The topological polar surface area (TPSA) is 29.5 Å². The lowest BCUT2D eigenvalue weighted by molar-refractivity contribution is -0.932. The molecule has 0 amide bonds. The molecule has 0 unspecified atom stereocenters. The summed E-state index contributed by atoms with van der Waals surface area (Å²) in [4.78, 5) is 0. The highest BCUT2D eigenvalue weighted by Crippen LogP contribution is 2.25. The number of nitrogens with zero attached hydrogens (tertiary/aromatic N) is 1. The molecular weight excluding hydrogens is 358 g/mol. The molecule has 29 heavy (non-hydrogen) atoms. The van der Waals surface area contributed by atoms with Crippen molar-refractivity contribution in [3.63, 3.8) is 0 Å². The fourth-order valence-electron chi connectivity index (χ4n) is 4.45. The number of likely N-dealkylation sites (tertiary alicyclic amines) is 1. The summed E-state index contributed by atoms with van der Waals surface area (Å²) in [6.45, 7) is 4.34. The maximum atomic E-state index is 10.7. The molecule has 4 rings (SSSR count). The number of ether oxygens (including phenoxy) is 1. The highest BCUT2D eigenvalue weighted by Gasteiger charge is 2.34. The number of rotatable bonds is 8. The van der Waals surface area contributed by atoms with Crippen LogP contribution >= 0.6 is 0 Å². The summed E-state index contributed by atoms with van der Waals surface area (Å²) in [6.07, 6.45) is 2.01. The Bertz CT molecular complexity index is 872. The van der Waals surface area contributed by atoms with Crippen molar-refractivity contribution in [1.82, 2.24) is 0 Å². The molecule has 1 heterocycles. The molecule has 0 bridgehead atoms. The largest absolute Gasteiger partial charge is 0.491 e. The van der Waals surface area contributed by atoms with E-state index in [0.29, 0.717) is 6.61 Å². The van der Waals surface area contributed by atoms with Crippen molar-refractivity contribution in [2.24, 2.45) is 0 Å². The minimum Gasteiger partial charge on any atom is -0.491 e. The summed E-state index contributed by atoms with van der Waals surface area (Å²) < 4.78 is 6.86. The summed E-state index contributed by atoms with van der Waals surface area (Å²) >= 11 is 0. The molecule has 1 saturated heterocycles. The van der Waals surface area contributed by atoms with Crippen molar-refractivity contribution in [3.05, 3.63) is 90.5 Å². The standard InChI is InChI=1S/C26H30NO2/c28-25(20-27(17-7-8-18-27)19-22-9-3-1-4-10-22)21-29-26-15-13-24(14-16-26)23-11-5-2-6-12-23/h1-6,9-16,25,28H,7-8,17-21H2/q+1/t25-/m0/s1. The first-order chi connectivity index (χ1) is 14.2. The van der Waals surface area contributed by atoms with Crippen molar-refractivity contribution >= 4 is 0 Å². The monoisotopic (exact) mass is 388 g/mol. The van der Waals surface area contributed by atoms with E-state index in [9.17, 15) is 5.11 Å². The summed E-state index contributed by atoms with van der Waals surface area (Å²) in [6, 6.07) is 29.1. The van der Waals surface area contributed by atoms with Gasteiger partial charge in [-0.1, -0.05) is 72.8 Å². The van der Waals surface area contributed by atoms with Crippen LogP contribution in [0.25, 0.3) is 11.1 Å². The van der Waals surface area contributed by atoms with Gasteiger partial charge < -0.3 is 14.3 Å². The third-order valence-corrected chi connectivity index (χ3v) is 5.88. The Kier molecular flexibility index (Phi) is 6.28.